The molecule has 0 aromatic rings. The molecule has 48 heavy (non-hydrogen) atoms. The van der Waals surface area contributed by atoms with Gasteiger partial charge in [-0.15, -0.1) is 0 Å². The summed E-state index contributed by atoms with van der Waals surface area (Å²) in [6.07, 6.45) is 0. The van der Waals surface area contributed by atoms with E-state index < -0.39 is 87.9 Å². The summed E-state index contributed by atoms with van der Waals surface area (Å²) < 4.78 is 0. The van der Waals surface area contributed by atoms with Crippen molar-refractivity contribution < 1.29 is 184 Å². The van der Waals surface area contributed by atoms with Crippen LogP contribution in [0, 0.1) is 0 Å². The zero-order chi connectivity index (χ0) is 42.9. The maximum atomic E-state index is 7.17. The average molecular weight is 744 g/mol. The highest BCUT2D eigenvalue weighted by atomic mass is 16.6. The van der Waals surface area contributed by atoms with Gasteiger partial charge in [0.05, 0.1) is 0 Å². The summed E-state index contributed by atoms with van der Waals surface area (Å²) in [4.78, 5) is 0. The third-order valence-corrected chi connectivity index (χ3v) is 0. The minimum atomic E-state index is -2.17. The summed E-state index contributed by atoms with van der Waals surface area (Å²) in [5.41, 5.74) is 0. The lowest BCUT2D eigenvalue weighted by Crippen LogP contribution is -2.07. The molecule has 0 aromatic heterocycles. The molecule has 0 unspecified atom stereocenters. The van der Waals surface area contributed by atoms with Crippen molar-refractivity contribution in [1.82, 2.24) is 0 Å². The Morgan fingerprint density at radius 3 is 0.104 bits per heavy atom. The third-order valence-electron chi connectivity index (χ3n) is 0. The van der Waals surface area contributed by atoms with Gasteiger partial charge in [-0.3, -0.25) is 0 Å². The second-order valence-electron chi connectivity index (χ2n) is 4.16. The molecule has 36 N–H and O–H groups in total. The Morgan fingerprint density at radius 2 is 0.104 bits per heavy atom. The zero-order valence-corrected chi connectivity index (χ0v) is 23.0. The van der Waals surface area contributed by atoms with Crippen LogP contribution in [0.5, 0.6) is 0 Å². The van der Waals surface area contributed by atoms with Gasteiger partial charge in [-0.2, -0.15) is 0 Å². The van der Waals surface area contributed by atoms with E-state index in [0.29, 0.717) is 0 Å². The molecule has 0 aliphatic rings. The van der Waals surface area contributed by atoms with Gasteiger partial charge in [0.25, 0.3) is 0 Å². The molecular weight excluding hydrogens is 706 g/mol. The van der Waals surface area contributed by atoms with Crippen LogP contribution in [0.3, 0.4) is 0 Å². The van der Waals surface area contributed by atoms with Crippen LogP contribution in [0.25, 0.3) is 0 Å². The molecule has 36 nitrogen and oxygen atoms in total. The second-order valence-corrected chi connectivity index (χ2v) is 4.16. The normalized spacial score (nSPS) is 6.75. The first kappa shape index (κ1) is 81.4. The first-order valence-corrected chi connectivity index (χ1v) is 9.30. The van der Waals surface area contributed by atoms with Gasteiger partial charge in [0.1, 0.15) is 0 Å². The van der Waals surface area contributed by atoms with Crippen molar-refractivity contribution in [2.75, 3.05) is 0 Å². The van der Waals surface area contributed by atoms with E-state index in [1.807, 2.05) is 0 Å². The van der Waals surface area contributed by atoms with Gasteiger partial charge in [-0.1, -0.05) is 0 Å². The number of rotatable bonds is 0. The fraction of sp³-hybridized carbons (Fsp3) is 0. The van der Waals surface area contributed by atoms with Crippen LogP contribution in [0.4, 0.5) is 0 Å². The van der Waals surface area contributed by atoms with Crippen molar-refractivity contribution in [3.8, 4) is 0 Å². The van der Waals surface area contributed by atoms with Crippen molar-refractivity contribution in [2.45, 2.75) is 0 Å². The molecule has 292 valence electrons. The molecule has 0 heterocycles. The standard InChI is InChI=1S/12BH3O3.2H/c12*2-1(3)4;;/h12*2-4H;;/q;;;;;;;;;;;;2*-1. The Hall–Kier alpha value is -0.661. The molecule has 0 fully saturated rings. The maximum absolute atomic E-state index is 7.17. The van der Waals surface area contributed by atoms with Crippen LogP contribution in [0.15, 0.2) is 0 Å². The average Bonchev–Trinajstić information content (AvgIpc) is 2.61. The molecule has 0 radical (unpaired) electrons. The molecule has 0 amide bonds. The van der Waals surface area contributed by atoms with E-state index in [4.69, 9.17) is 181 Å². The quantitative estimate of drug-likeness (QED) is 0.102. The van der Waals surface area contributed by atoms with Crippen molar-refractivity contribution in [3.05, 3.63) is 0 Å². The van der Waals surface area contributed by atoms with E-state index in [2.05, 4.69) is 0 Å². The highest BCUT2D eigenvalue weighted by Crippen LogP contribution is 1.44. The van der Waals surface area contributed by atoms with Gasteiger partial charge in [-0.25, -0.2) is 0 Å². The van der Waals surface area contributed by atoms with E-state index in [1.165, 1.54) is 0 Å². The molecule has 0 bridgehead atoms. The summed E-state index contributed by atoms with van der Waals surface area (Å²) >= 11 is 0. The van der Waals surface area contributed by atoms with E-state index in [1.54, 1.807) is 0 Å². The van der Waals surface area contributed by atoms with Crippen LogP contribution in [-0.2, 0) is 0 Å². The van der Waals surface area contributed by atoms with Crippen molar-refractivity contribution >= 4 is 87.9 Å². The highest BCUT2D eigenvalue weighted by molar-refractivity contribution is 6.33. The first-order chi connectivity index (χ1) is 20.8. The molecule has 0 spiro atoms. The molecule has 0 aromatic carbocycles. The molecule has 0 atom stereocenters. The minimum Gasteiger partial charge on any atom is -1.00 e. The van der Waals surface area contributed by atoms with Crippen molar-refractivity contribution in [1.29, 1.82) is 0 Å². The fourth-order valence-electron chi connectivity index (χ4n) is 0. The Balaban J connectivity index is -0.0000000235. The lowest BCUT2D eigenvalue weighted by molar-refractivity contribution is 0.276. The Kier molecular flexibility index (Phi) is 129. The molecule has 0 aliphatic carbocycles. The smallest absolute Gasteiger partial charge is 0.631 e. The lowest BCUT2D eigenvalue weighted by atomic mass is 10.3. The predicted molar refractivity (Wildman–Crippen MR) is 151 cm³/mol. The Labute approximate surface area is 272 Å². The van der Waals surface area contributed by atoms with Crippen molar-refractivity contribution in [2.24, 2.45) is 0 Å². The molecular formula is H38B12O36-2. The Bertz CT molecular complexity index is 237. The predicted octanol–water partition coefficient (Wildman–Crippen LogP) is -24.4. The second kappa shape index (κ2) is 76.3. The summed E-state index contributed by atoms with van der Waals surface area (Å²) in [5, 5.41) is 258. The van der Waals surface area contributed by atoms with E-state index >= 15 is 0 Å². The highest BCUT2D eigenvalue weighted by Gasteiger charge is 1.96. The van der Waals surface area contributed by atoms with Gasteiger partial charge in [0.2, 0.25) is 0 Å². The summed E-state index contributed by atoms with van der Waals surface area (Å²) in [6, 6.07) is 0. The van der Waals surface area contributed by atoms with Crippen LogP contribution in [-0.4, -0.2) is 269 Å². The summed E-state index contributed by atoms with van der Waals surface area (Å²) in [7, 11) is -26.0. The molecule has 48 heteroatoms. The largest absolute Gasteiger partial charge is 1.00 e. The maximum Gasteiger partial charge on any atom is 0.631 e. The van der Waals surface area contributed by atoms with Crippen LogP contribution < -0.4 is 0 Å². The third kappa shape index (κ3) is 204000. The minimum absolute atomic E-state index is 0. The first-order valence-electron chi connectivity index (χ1n) is 9.30. The van der Waals surface area contributed by atoms with E-state index in [0.717, 1.165) is 0 Å². The molecule has 0 rings (SSSR count). The zero-order valence-electron chi connectivity index (χ0n) is 25.0. The van der Waals surface area contributed by atoms with Gasteiger partial charge in [-0.05, 0) is 0 Å². The van der Waals surface area contributed by atoms with E-state index in [-0.39, 0.29) is 2.85 Å². The summed E-state index contributed by atoms with van der Waals surface area (Å²) in [6.45, 7) is 0. The SMILES string of the molecule is OB(O)O.OB(O)O.OB(O)O.OB(O)O.OB(O)O.OB(O)O.OB(O)O.OB(O)O.OB(O)O.OB(O)O.OB(O)O.OB(O)O.[H-].[H-]. The monoisotopic (exact) mass is 746 g/mol. The van der Waals surface area contributed by atoms with Crippen LogP contribution in [0.2, 0.25) is 0 Å². The van der Waals surface area contributed by atoms with Gasteiger partial charge >= 0.3 is 87.9 Å². The van der Waals surface area contributed by atoms with Gasteiger partial charge in [0.15, 0.2) is 0 Å². The van der Waals surface area contributed by atoms with Crippen molar-refractivity contribution in [3.63, 3.8) is 0 Å². The van der Waals surface area contributed by atoms with Crippen LogP contribution in [0.1, 0.15) is 2.85 Å². The number of hydrogen-bond acceptors (Lipinski definition) is 36. The molecule has 0 saturated carbocycles. The topological polar surface area (TPSA) is 728 Å². The van der Waals surface area contributed by atoms with Gasteiger partial charge in [0, 0.05) is 0 Å². The van der Waals surface area contributed by atoms with E-state index in [9.17, 15) is 0 Å². The number of hydrogen-bond donors (Lipinski definition) is 36. The Morgan fingerprint density at radius 1 is 0.104 bits per heavy atom. The fourth-order valence-corrected chi connectivity index (χ4v) is 0. The lowest BCUT2D eigenvalue weighted by Gasteiger charge is -1.69. The molecule has 0 saturated heterocycles. The van der Waals surface area contributed by atoms with Crippen LogP contribution >= 0.6 is 0 Å². The van der Waals surface area contributed by atoms with Gasteiger partial charge < -0.3 is 184 Å². The molecule has 0 aliphatic heterocycles. The summed E-state index contributed by atoms with van der Waals surface area (Å²) in [5.74, 6) is 0.